The zero-order valence-electron chi connectivity index (χ0n) is 12.3. The second kappa shape index (κ2) is 29.2. The fraction of sp³-hybridized carbons (Fsp3) is 0.571. The topological polar surface area (TPSA) is 47.7 Å². The number of hydrogen-bond acceptors (Lipinski definition) is 2. The predicted octanol–water partition coefficient (Wildman–Crippen LogP) is 5.26. The molecule has 0 amide bonds. The first-order chi connectivity index (χ1) is 7.66. The smallest absolute Gasteiger partial charge is 0.0537 e. The van der Waals surface area contributed by atoms with E-state index in [1.54, 1.807) is 31.2 Å². The summed E-state index contributed by atoms with van der Waals surface area (Å²) in [6.45, 7) is 15.5. The summed E-state index contributed by atoms with van der Waals surface area (Å²) in [6.07, 6.45) is 6.68. The Kier molecular flexibility index (Phi) is 44.1. The first-order valence-electron chi connectivity index (χ1n) is 6.11. The van der Waals surface area contributed by atoms with E-state index in [9.17, 15) is 0 Å². The largest absolute Gasteiger partial charge is 0.306 e. The lowest BCUT2D eigenvalue weighted by molar-refractivity contribution is 1.49. The van der Waals surface area contributed by atoms with Gasteiger partial charge in [-0.2, -0.15) is 0 Å². The molecule has 0 aromatic carbocycles. The lowest BCUT2D eigenvalue weighted by Gasteiger charge is -1.84. The molecule has 2 heteroatoms. The van der Waals surface area contributed by atoms with Crippen LogP contribution >= 0.6 is 0 Å². The molecular formula is C14H30N2. The average molecular weight is 226 g/mol. The molecule has 2 nitrogen and oxygen atoms in total. The molecule has 0 aliphatic rings. The zero-order valence-corrected chi connectivity index (χ0v) is 12.3. The van der Waals surface area contributed by atoms with E-state index in [0.29, 0.717) is 11.4 Å². The van der Waals surface area contributed by atoms with E-state index in [1.807, 2.05) is 48.5 Å². The third kappa shape index (κ3) is 38.5. The van der Waals surface area contributed by atoms with Crippen LogP contribution in [0.1, 0.15) is 55.4 Å². The van der Waals surface area contributed by atoms with E-state index >= 15 is 0 Å². The van der Waals surface area contributed by atoms with Crippen LogP contribution in [0.5, 0.6) is 0 Å². The van der Waals surface area contributed by atoms with Gasteiger partial charge in [0.2, 0.25) is 0 Å². The molecule has 0 rings (SSSR count). The van der Waals surface area contributed by atoms with Crippen LogP contribution in [-0.2, 0) is 0 Å². The van der Waals surface area contributed by atoms with Crippen LogP contribution in [0.25, 0.3) is 0 Å². The van der Waals surface area contributed by atoms with Crippen molar-refractivity contribution in [3.63, 3.8) is 0 Å². The van der Waals surface area contributed by atoms with E-state index in [0.717, 1.165) is 0 Å². The van der Waals surface area contributed by atoms with Crippen LogP contribution in [0.2, 0.25) is 0 Å². The molecule has 0 aliphatic heterocycles. The summed E-state index contributed by atoms with van der Waals surface area (Å²) in [6, 6.07) is 0. The third-order valence-electron chi connectivity index (χ3n) is 0.859. The molecule has 0 bridgehead atoms. The predicted molar refractivity (Wildman–Crippen MR) is 79.1 cm³/mol. The van der Waals surface area contributed by atoms with E-state index in [-0.39, 0.29) is 0 Å². The highest BCUT2D eigenvalue weighted by atomic mass is 14.4. The van der Waals surface area contributed by atoms with Gasteiger partial charge in [-0.25, -0.2) is 0 Å². The third-order valence-corrected chi connectivity index (χ3v) is 0.859. The maximum atomic E-state index is 7.21. The molecule has 0 spiro atoms. The second-order valence-electron chi connectivity index (χ2n) is 1.97. The van der Waals surface area contributed by atoms with Gasteiger partial charge in [0.1, 0.15) is 0 Å². The highest BCUT2D eigenvalue weighted by Gasteiger charge is 1.80. The van der Waals surface area contributed by atoms with Gasteiger partial charge in [-0.05, 0) is 32.1 Å². The molecule has 0 aliphatic carbocycles. The van der Waals surface area contributed by atoms with Gasteiger partial charge in [0.25, 0.3) is 0 Å². The quantitative estimate of drug-likeness (QED) is 0.617. The zero-order chi connectivity index (χ0) is 14.0. The van der Waals surface area contributed by atoms with Crippen molar-refractivity contribution in [1.82, 2.24) is 0 Å². The van der Waals surface area contributed by atoms with E-state index in [2.05, 4.69) is 0 Å². The number of allylic oxidation sites excluding steroid dienone is 4. The standard InChI is InChI=1S/C8H12N2.3C2H6/c1-3-4-8(10)6-5-7(2)9;3*1-2/h3-6,9-10H,1-2H3;3*1-2H3/b4-3+,6-5-,9-7?,10-8?;;;. The molecule has 0 heterocycles. The molecule has 0 aromatic rings. The van der Waals surface area contributed by atoms with Crippen molar-refractivity contribution < 1.29 is 0 Å². The first-order valence-corrected chi connectivity index (χ1v) is 6.11. The number of rotatable bonds is 3. The normalized spacial score (nSPS) is 8.00. The maximum absolute atomic E-state index is 7.21. The molecular weight excluding hydrogens is 196 g/mol. The average Bonchev–Trinajstić information content (AvgIpc) is 2.35. The van der Waals surface area contributed by atoms with E-state index < -0.39 is 0 Å². The Morgan fingerprint density at radius 3 is 1.38 bits per heavy atom. The van der Waals surface area contributed by atoms with Crippen LogP contribution in [0.15, 0.2) is 24.3 Å². The van der Waals surface area contributed by atoms with Crippen LogP contribution in [0.3, 0.4) is 0 Å². The van der Waals surface area contributed by atoms with Crippen molar-refractivity contribution in [2.24, 2.45) is 0 Å². The summed E-state index contributed by atoms with van der Waals surface area (Å²) in [7, 11) is 0. The van der Waals surface area contributed by atoms with Crippen LogP contribution in [0.4, 0.5) is 0 Å². The van der Waals surface area contributed by atoms with Gasteiger partial charge in [-0.15, -0.1) is 0 Å². The van der Waals surface area contributed by atoms with Crippen molar-refractivity contribution in [3.8, 4) is 0 Å². The fourth-order valence-corrected chi connectivity index (χ4v) is 0.450. The molecule has 96 valence electrons. The number of hydrogen-bond donors (Lipinski definition) is 2. The van der Waals surface area contributed by atoms with Gasteiger partial charge in [-0.1, -0.05) is 47.6 Å². The van der Waals surface area contributed by atoms with Gasteiger partial charge in [0.15, 0.2) is 0 Å². The molecule has 0 radical (unpaired) electrons. The summed E-state index contributed by atoms with van der Waals surface area (Å²) in [4.78, 5) is 0. The fourth-order valence-electron chi connectivity index (χ4n) is 0.450. The van der Waals surface area contributed by atoms with Crippen molar-refractivity contribution in [3.05, 3.63) is 24.3 Å². The second-order valence-corrected chi connectivity index (χ2v) is 1.97. The minimum Gasteiger partial charge on any atom is -0.306 e. The van der Waals surface area contributed by atoms with Crippen molar-refractivity contribution in [1.29, 1.82) is 10.8 Å². The van der Waals surface area contributed by atoms with Gasteiger partial charge in [-0.3, -0.25) is 0 Å². The minimum absolute atomic E-state index is 0.425. The summed E-state index contributed by atoms with van der Waals surface area (Å²) >= 11 is 0. The summed E-state index contributed by atoms with van der Waals surface area (Å²) < 4.78 is 0. The summed E-state index contributed by atoms with van der Waals surface area (Å²) in [5.74, 6) is 0. The molecule has 0 saturated heterocycles. The van der Waals surface area contributed by atoms with Crippen LogP contribution in [0, 0.1) is 10.8 Å². The lowest BCUT2D eigenvalue weighted by atomic mass is 10.3. The Labute approximate surface area is 102 Å². The van der Waals surface area contributed by atoms with Crippen molar-refractivity contribution in [2.75, 3.05) is 0 Å². The molecule has 0 atom stereocenters. The molecule has 0 unspecified atom stereocenters. The van der Waals surface area contributed by atoms with Gasteiger partial charge >= 0.3 is 0 Å². The highest BCUT2D eigenvalue weighted by Crippen LogP contribution is 1.82. The Hall–Kier alpha value is -1.18. The highest BCUT2D eigenvalue weighted by molar-refractivity contribution is 6.05. The van der Waals surface area contributed by atoms with Crippen molar-refractivity contribution in [2.45, 2.75) is 55.4 Å². The molecule has 0 fully saturated rings. The molecule has 2 N–H and O–H groups in total. The number of nitrogens with one attached hydrogen (secondary N) is 2. The van der Waals surface area contributed by atoms with Crippen LogP contribution in [-0.4, -0.2) is 11.4 Å². The van der Waals surface area contributed by atoms with Gasteiger partial charge < -0.3 is 10.8 Å². The Morgan fingerprint density at radius 1 is 0.750 bits per heavy atom. The minimum atomic E-state index is 0.425. The summed E-state index contributed by atoms with van der Waals surface area (Å²) in [5.41, 5.74) is 0.892. The van der Waals surface area contributed by atoms with E-state index in [1.165, 1.54) is 0 Å². The van der Waals surface area contributed by atoms with E-state index in [4.69, 9.17) is 10.8 Å². The van der Waals surface area contributed by atoms with Crippen LogP contribution < -0.4 is 0 Å². The Balaban J connectivity index is -0.000000103. The van der Waals surface area contributed by atoms with Crippen molar-refractivity contribution >= 4 is 11.4 Å². The molecule has 0 aromatic heterocycles. The van der Waals surface area contributed by atoms with Gasteiger partial charge in [0, 0.05) is 5.71 Å². The molecule has 16 heavy (non-hydrogen) atoms. The Bertz CT molecular complexity index is 189. The molecule has 0 saturated carbocycles. The monoisotopic (exact) mass is 226 g/mol. The lowest BCUT2D eigenvalue weighted by Crippen LogP contribution is -1.86. The Morgan fingerprint density at radius 2 is 1.12 bits per heavy atom. The SMILES string of the molecule is C/C=C/C(=N)/C=C\C(C)=N.CC.CC.CC. The maximum Gasteiger partial charge on any atom is 0.0537 e. The first kappa shape index (κ1) is 24.2. The summed E-state index contributed by atoms with van der Waals surface area (Å²) in [5, 5.41) is 14.2. The van der Waals surface area contributed by atoms with Gasteiger partial charge in [0.05, 0.1) is 5.71 Å².